The fraction of sp³-hybridized carbons (Fsp3) is 0.360. The minimum atomic E-state index is -3.77. The molecule has 11 heteroatoms. The van der Waals surface area contributed by atoms with E-state index in [2.05, 4.69) is 79.9 Å². The number of nitrogens with one attached hydrogen (secondary N) is 2. The molecule has 0 amide bonds. The molecule has 0 atom stereocenters. The van der Waals surface area contributed by atoms with Crippen LogP contribution in [-0.4, -0.2) is 61.4 Å². The maximum atomic E-state index is 14.0. The third kappa shape index (κ3) is 5.63. The number of benzene rings is 2. The number of hydrogen-bond donors (Lipinski definition) is 2. The number of anilines is 3. The topological polar surface area (TPSA) is 90.5 Å². The molecular weight excluding hydrogens is 594 g/mol. The summed E-state index contributed by atoms with van der Waals surface area (Å²) in [5.74, 6) is 0.230. The number of aromatic nitrogens is 2. The maximum absolute atomic E-state index is 14.0. The normalized spacial score (nSPS) is 15.7. The van der Waals surface area contributed by atoms with Crippen molar-refractivity contribution in [2.45, 2.75) is 23.8 Å². The van der Waals surface area contributed by atoms with Gasteiger partial charge in [-0.1, -0.05) is 29.2 Å². The highest BCUT2D eigenvalue weighted by Crippen LogP contribution is 2.38. The van der Waals surface area contributed by atoms with Crippen molar-refractivity contribution in [2.24, 2.45) is 0 Å². The van der Waals surface area contributed by atoms with E-state index in [0.29, 0.717) is 38.1 Å². The lowest BCUT2D eigenvalue weighted by molar-refractivity contribution is 0.0611. The van der Waals surface area contributed by atoms with Gasteiger partial charge in [0.2, 0.25) is 0 Å². The van der Waals surface area contributed by atoms with Gasteiger partial charge in [0.15, 0.2) is 0 Å². The standard InChI is InChI=1S/C25H30FIN6O2S/c1-5-36(34,35)31-23-13-19-22(14-20(23)25(2,3)33-10-8-32(4)9-11-33)28-16-29-24(19)30-18-6-7-21(26)17(12-18)15-27/h5-7,12-14,16,31H,1,8-11,15H2,2-4H3,(H,28,29,30). The van der Waals surface area contributed by atoms with Crippen LogP contribution in [-0.2, 0) is 20.0 Å². The molecule has 2 heterocycles. The second-order valence-corrected chi connectivity index (χ2v) is 11.8. The van der Waals surface area contributed by atoms with Gasteiger partial charge < -0.3 is 10.2 Å². The van der Waals surface area contributed by atoms with Crippen LogP contribution in [0.4, 0.5) is 21.6 Å². The Hall–Kier alpha value is -2.35. The first-order chi connectivity index (χ1) is 17.0. The molecule has 0 spiro atoms. The maximum Gasteiger partial charge on any atom is 0.254 e. The van der Waals surface area contributed by atoms with Crippen molar-refractivity contribution < 1.29 is 12.8 Å². The second-order valence-electron chi connectivity index (χ2n) is 9.37. The lowest BCUT2D eigenvalue weighted by Crippen LogP contribution is -2.52. The molecule has 1 aromatic heterocycles. The molecular formula is C25H30FIN6O2S. The Morgan fingerprint density at radius 3 is 2.56 bits per heavy atom. The quantitative estimate of drug-likeness (QED) is 0.275. The zero-order valence-corrected chi connectivity index (χ0v) is 23.5. The summed E-state index contributed by atoms with van der Waals surface area (Å²) in [7, 11) is -1.67. The van der Waals surface area contributed by atoms with Crippen LogP contribution in [0.15, 0.2) is 48.6 Å². The van der Waals surface area contributed by atoms with E-state index in [1.54, 1.807) is 18.2 Å². The van der Waals surface area contributed by atoms with Crippen LogP contribution in [0.5, 0.6) is 0 Å². The molecule has 0 bridgehead atoms. The predicted molar refractivity (Wildman–Crippen MR) is 152 cm³/mol. The summed E-state index contributed by atoms with van der Waals surface area (Å²) in [6, 6.07) is 8.48. The monoisotopic (exact) mass is 624 g/mol. The molecule has 3 aromatic rings. The summed E-state index contributed by atoms with van der Waals surface area (Å²) in [6.45, 7) is 11.2. The molecule has 1 saturated heterocycles. The molecule has 2 N–H and O–H groups in total. The van der Waals surface area contributed by atoms with Crippen molar-refractivity contribution in [1.29, 1.82) is 0 Å². The number of sulfonamides is 1. The first kappa shape index (κ1) is 26.7. The van der Waals surface area contributed by atoms with Crippen LogP contribution in [0, 0.1) is 5.82 Å². The van der Waals surface area contributed by atoms with Crippen LogP contribution in [0.2, 0.25) is 0 Å². The number of likely N-dealkylation sites (N-methyl/N-ethyl adjacent to an activating group) is 1. The minimum absolute atomic E-state index is 0.264. The first-order valence-corrected chi connectivity index (χ1v) is 14.6. The van der Waals surface area contributed by atoms with E-state index < -0.39 is 15.6 Å². The lowest BCUT2D eigenvalue weighted by Gasteiger charge is -2.44. The predicted octanol–water partition coefficient (Wildman–Crippen LogP) is 4.82. The summed E-state index contributed by atoms with van der Waals surface area (Å²) in [5.41, 5.74) is 2.70. The highest BCUT2D eigenvalue weighted by Gasteiger charge is 2.34. The zero-order chi connectivity index (χ0) is 26.1. The Morgan fingerprint density at radius 2 is 1.89 bits per heavy atom. The molecule has 8 nitrogen and oxygen atoms in total. The van der Waals surface area contributed by atoms with Gasteiger partial charge in [0.1, 0.15) is 18.0 Å². The molecule has 4 rings (SSSR count). The van der Waals surface area contributed by atoms with Crippen molar-refractivity contribution in [3.63, 3.8) is 0 Å². The SMILES string of the molecule is C=CS(=O)(=O)Nc1cc2c(Nc3ccc(F)c(CI)c3)ncnc2cc1C(C)(C)N1CCN(C)CC1. The third-order valence-electron chi connectivity index (χ3n) is 6.65. The lowest BCUT2D eigenvalue weighted by atomic mass is 9.89. The largest absolute Gasteiger partial charge is 0.340 e. The van der Waals surface area contributed by atoms with Crippen LogP contribution < -0.4 is 10.0 Å². The van der Waals surface area contributed by atoms with Gasteiger partial charge in [-0.15, -0.1) is 0 Å². The van der Waals surface area contributed by atoms with Crippen LogP contribution in [0.3, 0.4) is 0 Å². The van der Waals surface area contributed by atoms with Gasteiger partial charge in [0.05, 0.1) is 11.2 Å². The molecule has 0 radical (unpaired) electrons. The Labute approximate surface area is 225 Å². The van der Waals surface area contributed by atoms with Gasteiger partial charge in [0.25, 0.3) is 10.0 Å². The molecule has 0 aliphatic carbocycles. The average Bonchev–Trinajstić information content (AvgIpc) is 2.85. The number of fused-ring (bicyclic) bond motifs is 1. The number of alkyl halides is 1. The van der Waals surface area contributed by atoms with E-state index >= 15 is 0 Å². The van der Waals surface area contributed by atoms with Crippen molar-refractivity contribution in [2.75, 3.05) is 43.3 Å². The number of rotatable bonds is 8. The van der Waals surface area contributed by atoms with Gasteiger partial charge >= 0.3 is 0 Å². The van der Waals surface area contributed by atoms with Gasteiger partial charge in [-0.3, -0.25) is 9.62 Å². The first-order valence-electron chi connectivity index (χ1n) is 11.5. The average molecular weight is 625 g/mol. The fourth-order valence-corrected chi connectivity index (χ4v) is 5.56. The number of piperazine rings is 1. The van der Waals surface area contributed by atoms with Crippen molar-refractivity contribution in [3.05, 3.63) is 65.6 Å². The van der Waals surface area contributed by atoms with E-state index in [9.17, 15) is 12.8 Å². The number of hydrogen-bond acceptors (Lipinski definition) is 7. The van der Waals surface area contributed by atoms with E-state index in [4.69, 9.17) is 0 Å². The summed E-state index contributed by atoms with van der Waals surface area (Å²) >= 11 is 2.12. The molecule has 36 heavy (non-hydrogen) atoms. The molecule has 1 fully saturated rings. The molecule has 2 aromatic carbocycles. The number of halogens is 2. The zero-order valence-electron chi connectivity index (χ0n) is 20.6. The molecule has 1 aliphatic heterocycles. The Kier molecular flexibility index (Phi) is 7.83. The number of nitrogens with zero attached hydrogens (tertiary/aromatic N) is 4. The van der Waals surface area contributed by atoms with E-state index in [1.807, 2.05) is 6.07 Å². The molecule has 1 aliphatic rings. The van der Waals surface area contributed by atoms with E-state index in [0.717, 1.165) is 37.2 Å². The molecule has 192 valence electrons. The second kappa shape index (κ2) is 10.6. The van der Waals surface area contributed by atoms with Crippen molar-refractivity contribution in [3.8, 4) is 0 Å². The summed E-state index contributed by atoms with van der Waals surface area (Å²) < 4.78 is 42.3. The minimum Gasteiger partial charge on any atom is -0.340 e. The highest BCUT2D eigenvalue weighted by molar-refractivity contribution is 14.1. The summed E-state index contributed by atoms with van der Waals surface area (Å²) in [4.78, 5) is 13.5. The smallest absolute Gasteiger partial charge is 0.254 e. The molecule has 0 saturated carbocycles. The highest BCUT2D eigenvalue weighted by atomic mass is 127. The van der Waals surface area contributed by atoms with Crippen LogP contribution in [0.25, 0.3) is 10.9 Å². The Morgan fingerprint density at radius 1 is 1.17 bits per heavy atom. The van der Waals surface area contributed by atoms with Gasteiger partial charge in [-0.05, 0) is 62.4 Å². The summed E-state index contributed by atoms with van der Waals surface area (Å²) in [6.07, 6.45) is 1.47. The van der Waals surface area contributed by atoms with Crippen molar-refractivity contribution >= 4 is 60.7 Å². The van der Waals surface area contributed by atoms with Crippen LogP contribution in [0.1, 0.15) is 25.0 Å². The van der Waals surface area contributed by atoms with Crippen molar-refractivity contribution in [1.82, 2.24) is 19.8 Å². The molecule has 0 unspecified atom stereocenters. The third-order valence-corrected chi connectivity index (χ3v) is 8.42. The van der Waals surface area contributed by atoms with E-state index in [1.165, 1.54) is 12.4 Å². The Balaban J connectivity index is 1.83. The fourth-order valence-electron chi connectivity index (χ4n) is 4.42. The summed E-state index contributed by atoms with van der Waals surface area (Å²) in [5, 5.41) is 4.78. The van der Waals surface area contributed by atoms with Gasteiger partial charge in [0, 0.05) is 52.6 Å². The Bertz CT molecular complexity index is 1390. The van der Waals surface area contributed by atoms with Gasteiger partial charge in [-0.2, -0.15) is 0 Å². The van der Waals surface area contributed by atoms with E-state index in [-0.39, 0.29) is 5.82 Å². The van der Waals surface area contributed by atoms with Gasteiger partial charge in [-0.25, -0.2) is 22.8 Å². The van der Waals surface area contributed by atoms with Crippen LogP contribution >= 0.6 is 22.6 Å².